The highest BCUT2D eigenvalue weighted by Crippen LogP contribution is 2.23. The lowest BCUT2D eigenvalue weighted by Crippen LogP contribution is -2.26. The zero-order valence-electron chi connectivity index (χ0n) is 18.2. The van der Waals surface area contributed by atoms with Crippen LogP contribution in [0.15, 0.2) is 71.6 Å². The third kappa shape index (κ3) is 5.38. The second-order valence-electron chi connectivity index (χ2n) is 7.18. The molecule has 0 aliphatic heterocycles. The molecule has 0 saturated heterocycles. The van der Waals surface area contributed by atoms with Gasteiger partial charge in [0, 0.05) is 12.6 Å². The quantitative estimate of drug-likeness (QED) is 0.364. The van der Waals surface area contributed by atoms with Gasteiger partial charge in [0.25, 0.3) is 10.0 Å². The molecule has 0 N–H and O–H groups in total. The third-order valence-corrected chi connectivity index (χ3v) is 6.72. The molecule has 0 spiro atoms. The number of halogens is 1. The number of aryl methyl sites for hydroxylation is 1. The molecular formula is C24H22FNO6S. The number of benzene rings is 3. The smallest absolute Gasteiger partial charge is 0.338 e. The highest BCUT2D eigenvalue weighted by molar-refractivity contribution is 7.92. The number of ketones is 1. The van der Waals surface area contributed by atoms with Crippen molar-refractivity contribution in [2.24, 2.45) is 0 Å². The number of carbonyl (C=O) groups excluding carboxylic acids is 2. The number of hydrogen-bond acceptors (Lipinski definition) is 6. The molecule has 0 atom stereocenters. The third-order valence-electron chi connectivity index (χ3n) is 4.93. The van der Waals surface area contributed by atoms with E-state index in [4.69, 9.17) is 9.47 Å². The normalized spacial score (nSPS) is 11.0. The zero-order valence-corrected chi connectivity index (χ0v) is 19.1. The van der Waals surface area contributed by atoms with Gasteiger partial charge in [-0.25, -0.2) is 17.6 Å². The molecule has 3 aromatic carbocycles. The summed E-state index contributed by atoms with van der Waals surface area (Å²) in [5, 5.41) is 0. The van der Waals surface area contributed by atoms with Gasteiger partial charge in [0.1, 0.15) is 0 Å². The van der Waals surface area contributed by atoms with Crippen molar-refractivity contribution in [2.45, 2.75) is 11.8 Å². The predicted octanol–water partition coefficient (Wildman–Crippen LogP) is 4.01. The Bertz CT molecular complexity index is 1290. The van der Waals surface area contributed by atoms with E-state index in [1.165, 1.54) is 50.6 Å². The number of ether oxygens (including phenoxy) is 2. The largest absolute Gasteiger partial charge is 0.494 e. The Kier molecular flexibility index (Phi) is 7.13. The second kappa shape index (κ2) is 9.83. The van der Waals surface area contributed by atoms with E-state index in [2.05, 4.69) is 0 Å². The Morgan fingerprint density at radius 1 is 0.970 bits per heavy atom. The molecule has 0 unspecified atom stereocenters. The molecule has 0 amide bonds. The number of methoxy groups -OCH3 is 1. The second-order valence-corrected chi connectivity index (χ2v) is 9.15. The molecule has 0 heterocycles. The van der Waals surface area contributed by atoms with Crippen LogP contribution in [-0.4, -0.2) is 40.9 Å². The van der Waals surface area contributed by atoms with Crippen LogP contribution in [0.4, 0.5) is 10.1 Å². The predicted molar refractivity (Wildman–Crippen MR) is 121 cm³/mol. The first-order valence-corrected chi connectivity index (χ1v) is 11.3. The summed E-state index contributed by atoms with van der Waals surface area (Å²) in [5.74, 6) is -2.23. The first-order valence-electron chi connectivity index (χ1n) is 9.83. The Balaban J connectivity index is 1.73. The van der Waals surface area contributed by atoms with Gasteiger partial charge in [-0.1, -0.05) is 23.8 Å². The van der Waals surface area contributed by atoms with E-state index < -0.39 is 34.2 Å². The first-order chi connectivity index (χ1) is 15.6. The molecule has 0 aliphatic carbocycles. The van der Waals surface area contributed by atoms with Crippen molar-refractivity contribution in [1.29, 1.82) is 0 Å². The van der Waals surface area contributed by atoms with Gasteiger partial charge in [-0.05, 0) is 55.5 Å². The minimum atomic E-state index is -3.94. The van der Waals surface area contributed by atoms with Crippen molar-refractivity contribution >= 4 is 27.5 Å². The number of sulfonamides is 1. The van der Waals surface area contributed by atoms with Gasteiger partial charge in [0.15, 0.2) is 24.0 Å². The number of Topliss-reactive ketones (excluding diaryl/α,β-unsaturated/α-hetero) is 1. The fourth-order valence-corrected chi connectivity index (χ4v) is 4.21. The van der Waals surface area contributed by atoms with E-state index in [-0.39, 0.29) is 21.8 Å². The standard InChI is InChI=1S/C24H22FNO6S/c1-16-7-10-19(11-8-16)26(2)33(29,30)20-6-4-5-18(13-20)24(28)32-15-22(27)17-9-12-23(31-3)21(25)14-17/h4-14H,15H2,1-3H3. The molecular weight excluding hydrogens is 449 g/mol. The Labute approximate surface area is 191 Å². The van der Waals surface area contributed by atoms with E-state index in [1.807, 2.05) is 6.92 Å². The summed E-state index contributed by atoms with van der Waals surface area (Å²) in [7, 11) is -1.23. The van der Waals surface area contributed by atoms with E-state index in [1.54, 1.807) is 24.3 Å². The molecule has 0 aliphatic rings. The monoisotopic (exact) mass is 471 g/mol. The molecule has 0 saturated carbocycles. The number of nitrogens with zero attached hydrogens (tertiary/aromatic N) is 1. The van der Waals surface area contributed by atoms with Crippen LogP contribution < -0.4 is 9.04 Å². The number of esters is 1. The lowest BCUT2D eigenvalue weighted by molar-refractivity contribution is 0.0474. The fourth-order valence-electron chi connectivity index (χ4n) is 2.97. The molecule has 0 radical (unpaired) electrons. The molecule has 0 fully saturated rings. The van der Waals surface area contributed by atoms with E-state index >= 15 is 0 Å². The summed E-state index contributed by atoms with van der Waals surface area (Å²) in [5.41, 5.74) is 1.42. The van der Waals surface area contributed by atoms with E-state index in [0.717, 1.165) is 15.9 Å². The molecule has 7 nitrogen and oxygen atoms in total. The maximum atomic E-state index is 13.8. The summed E-state index contributed by atoms with van der Waals surface area (Å²) >= 11 is 0. The van der Waals surface area contributed by atoms with Gasteiger partial charge in [-0.15, -0.1) is 0 Å². The first kappa shape index (κ1) is 23.9. The molecule has 3 aromatic rings. The Hall–Kier alpha value is -3.72. The van der Waals surface area contributed by atoms with Crippen LogP contribution in [-0.2, 0) is 14.8 Å². The summed E-state index contributed by atoms with van der Waals surface area (Å²) in [6.45, 7) is 1.26. The van der Waals surface area contributed by atoms with E-state index in [9.17, 15) is 22.4 Å². The molecule has 172 valence electrons. The topological polar surface area (TPSA) is 90.0 Å². The van der Waals surface area contributed by atoms with Crippen LogP contribution in [0.25, 0.3) is 0 Å². The number of anilines is 1. The van der Waals surface area contributed by atoms with Crippen molar-refractivity contribution in [3.63, 3.8) is 0 Å². The molecule has 0 aromatic heterocycles. The molecule has 33 heavy (non-hydrogen) atoms. The van der Waals surface area contributed by atoms with Crippen molar-refractivity contribution in [1.82, 2.24) is 0 Å². The Morgan fingerprint density at radius 3 is 2.30 bits per heavy atom. The molecule has 0 bridgehead atoms. The van der Waals surface area contributed by atoms with Crippen LogP contribution >= 0.6 is 0 Å². The molecule has 9 heteroatoms. The van der Waals surface area contributed by atoms with Crippen molar-refractivity contribution in [3.8, 4) is 5.75 Å². The molecule has 3 rings (SSSR count). The lowest BCUT2D eigenvalue weighted by atomic mass is 10.1. The summed E-state index contributed by atoms with van der Waals surface area (Å²) in [4.78, 5) is 24.6. The number of carbonyl (C=O) groups is 2. The maximum Gasteiger partial charge on any atom is 0.338 e. The highest BCUT2D eigenvalue weighted by atomic mass is 32.2. The summed E-state index contributed by atoms with van der Waals surface area (Å²) < 4.78 is 50.7. The highest BCUT2D eigenvalue weighted by Gasteiger charge is 2.23. The van der Waals surface area contributed by atoms with Crippen LogP contribution in [0.1, 0.15) is 26.3 Å². The van der Waals surface area contributed by atoms with Crippen LogP contribution in [0.3, 0.4) is 0 Å². The fraction of sp³-hybridized carbons (Fsp3) is 0.167. The number of rotatable bonds is 8. The average Bonchev–Trinajstić information content (AvgIpc) is 2.82. The van der Waals surface area contributed by atoms with Crippen LogP contribution in [0, 0.1) is 12.7 Å². The van der Waals surface area contributed by atoms with Gasteiger partial charge >= 0.3 is 5.97 Å². The van der Waals surface area contributed by atoms with Crippen molar-refractivity contribution in [2.75, 3.05) is 25.1 Å². The van der Waals surface area contributed by atoms with Crippen LogP contribution in [0.2, 0.25) is 0 Å². The summed E-state index contributed by atoms with van der Waals surface area (Å²) in [6.07, 6.45) is 0. The van der Waals surface area contributed by atoms with Gasteiger partial charge in [0.05, 0.1) is 23.3 Å². The van der Waals surface area contributed by atoms with Crippen molar-refractivity contribution < 1.29 is 31.9 Å². The Morgan fingerprint density at radius 2 is 1.67 bits per heavy atom. The number of hydrogen-bond donors (Lipinski definition) is 0. The van der Waals surface area contributed by atoms with Gasteiger partial charge in [0.2, 0.25) is 0 Å². The maximum absolute atomic E-state index is 13.8. The minimum absolute atomic E-state index is 0.0113. The lowest BCUT2D eigenvalue weighted by Gasteiger charge is -2.20. The average molecular weight is 472 g/mol. The van der Waals surface area contributed by atoms with Crippen LogP contribution in [0.5, 0.6) is 5.75 Å². The SMILES string of the molecule is COc1ccc(C(=O)COC(=O)c2cccc(S(=O)(=O)N(C)c3ccc(C)cc3)c2)cc1F. The van der Waals surface area contributed by atoms with Crippen molar-refractivity contribution in [3.05, 3.63) is 89.2 Å². The van der Waals surface area contributed by atoms with Gasteiger partial charge in [-0.2, -0.15) is 0 Å². The minimum Gasteiger partial charge on any atom is -0.494 e. The zero-order chi connectivity index (χ0) is 24.2. The summed E-state index contributed by atoms with van der Waals surface area (Å²) in [6, 6.07) is 15.9. The van der Waals surface area contributed by atoms with Gasteiger partial charge < -0.3 is 9.47 Å². The van der Waals surface area contributed by atoms with E-state index in [0.29, 0.717) is 5.69 Å². The van der Waals surface area contributed by atoms with Gasteiger partial charge in [-0.3, -0.25) is 9.10 Å².